The van der Waals surface area contributed by atoms with Crippen LogP contribution in [0.4, 0.5) is 0 Å². The molecule has 0 aromatic carbocycles. The van der Waals surface area contributed by atoms with Gasteiger partial charge in [-0.05, 0) is 24.6 Å². The highest BCUT2D eigenvalue weighted by atomic mass is 16.4. The van der Waals surface area contributed by atoms with Crippen LogP contribution in [0.1, 0.15) is 6.92 Å². The van der Waals surface area contributed by atoms with Crippen LogP contribution >= 0.6 is 0 Å². The molecule has 0 spiro atoms. The van der Waals surface area contributed by atoms with Gasteiger partial charge in [-0.3, -0.25) is 0 Å². The lowest BCUT2D eigenvalue weighted by molar-refractivity contribution is -0.133. The van der Waals surface area contributed by atoms with Crippen molar-refractivity contribution in [2.75, 3.05) is 0 Å². The Labute approximate surface area is 90.8 Å². The van der Waals surface area contributed by atoms with Crippen molar-refractivity contribution in [2.24, 2.45) is 0 Å². The number of hydrogen-bond donors (Lipinski definition) is 3. The van der Waals surface area contributed by atoms with E-state index in [0.717, 1.165) is 18.2 Å². The predicted octanol–water partition coefficient (Wildman–Crippen LogP) is 0.669. The lowest BCUT2D eigenvalue weighted by atomic mass is 10.1. The lowest BCUT2D eigenvalue weighted by Gasteiger charge is -1.95. The first-order chi connectivity index (χ1) is 7.32. The molecule has 0 rings (SSSR count). The van der Waals surface area contributed by atoms with Crippen molar-refractivity contribution in [3.63, 3.8) is 0 Å². The third-order valence-electron chi connectivity index (χ3n) is 1.43. The lowest BCUT2D eigenvalue weighted by Crippen LogP contribution is -1.98. The van der Waals surface area contributed by atoms with E-state index in [9.17, 15) is 14.4 Å². The van der Waals surface area contributed by atoms with Crippen LogP contribution in [-0.4, -0.2) is 33.2 Å². The Balaban J connectivity index is 5.12. The number of hydrogen-bond acceptors (Lipinski definition) is 3. The molecule has 0 unspecified atom stereocenters. The molecule has 0 heterocycles. The van der Waals surface area contributed by atoms with E-state index < -0.39 is 17.9 Å². The quantitative estimate of drug-likeness (QED) is 0.469. The Morgan fingerprint density at radius 1 is 0.875 bits per heavy atom. The second kappa shape index (κ2) is 6.18. The fraction of sp³-hybridized carbons (Fsp3) is 0.100. The van der Waals surface area contributed by atoms with Gasteiger partial charge in [-0.1, -0.05) is 0 Å². The van der Waals surface area contributed by atoms with Crippen LogP contribution in [0.25, 0.3) is 0 Å². The minimum absolute atomic E-state index is 0.0187. The van der Waals surface area contributed by atoms with E-state index in [4.69, 9.17) is 15.3 Å². The van der Waals surface area contributed by atoms with Crippen LogP contribution in [0, 0.1) is 0 Å². The Morgan fingerprint density at radius 2 is 1.44 bits per heavy atom. The van der Waals surface area contributed by atoms with E-state index in [2.05, 4.69) is 0 Å². The zero-order valence-electron chi connectivity index (χ0n) is 8.38. The van der Waals surface area contributed by atoms with Gasteiger partial charge in [-0.2, -0.15) is 0 Å². The van der Waals surface area contributed by atoms with Gasteiger partial charge in [0.1, 0.15) is 0 Å². The van der Waals surface area contributed by atoms with E-state index in [1.807, 2.05) is 0 Å². The molecule has 0 saturated carbocycles. The van der Waals surface area contributed by atoms with Crippen molar-refractivity contribution >= 4 is 17.9 Å². The number of aliphatic carboxylic acids is 3. The highest BCUT2D eigenvalue weighted by molar-refractivity contribution is 5.88. The SMILES string of the molecule is CC(=CC(C=CC(=O)O)=CC(=O)O)C(=O)O. The summed E-state index contributed by atoms with van der Waals surface area (Å²) in [4.78, 5) is 31.1. The summed E-state index contributed by atoms with van der Waals surface area (Å²) in [6.07, 6.45) is 3.51. The third-order valence-corrected chi connectivity index (χ3v) is 1.43. The van der Waals surface area contributed by atoms with Crippen LogP contribution in [0.5, 0.6) is 0 Å². The minimum atomic E-state index is -1.29. The maximum Gasteiger partial charge on any atom is 0.331 e. The summed E-state index contributed by atoms with van der Waals surface area (Å²) in [5, 5.41) is 25.4. The molecule has 16 heavy (non-hydrogen) atoms. The molecule has 0 fully saturated rings. The van der Waals surface area contributed by atoms with E-state index in [1.54, 1.807) is 0 Å². The summed E-state index contributed by atoms with van der Waals surface area (Å²) in [5.41, 5.74) is -0.114. The van der Waals surface area contributed by atoms with Crippen LogP contribution in [0.2, 0.25) is 0 Å². The zero-order valence-corrected chi connectivity index (χ0v) is 8.38. The van der Waals surface area contributed by atoms with Gasteiger partial charge in [0.15, 0.2) is 0 Å². The molecule has 6 heteroatoms. The molecule has 3 N–H and O–H groups in total. The van der Waals surface area contributed by atoms with Gasteiger partial charge >= 0.3 is 17.9 Å². The molecule has 0 bridgehead atoms. The third kappa shape index (κ3) is 6.14. The molecule has 0 aromatic heterocycles. The second-order valence-corrected chi connectivity index (χ2v) is 2.79. The Bertz CT molecular complexity index is 400. The number of allylic oxidation sites excluding steroid dienone is 3. The molecule has 86 valence electrons. The molecule has 6 nitrogen and oxygen atoms in total. The van der Waals surface area contributed by atoms with Gasteiger partial charge in [-0.25, -0.2) is 14.4 Å². The summed E-state index contributed by atoms with van der Waals surface area (Å²) in [6, 6.07) is 0. The molecule has 0 amide bonds. The minimum Gasteiger partial charge on any atom is -0.478 e. The predicted molar refractivity (Wildman–Crippen MR) is 53.9 cm³/mol. The van der Waals surface area contributed by atoms with Crippen LogP contribution < -0.4 is 0 Å². The fourth-order valence-corrected chi connectivity index (χ4v) is 0.760. The highest BCUT2D eigenvalue weighted by Gasteiger charge is 2.02. The topological polar surface area (TPSA) is 112 Å². The molecular weight excluding hydrogens is 216 g/mol. The monoisotopic (exact) mass is 226 g/mol. The van der Waals surface area contributed by atoms with Gasteiger partial charge in [-0.15, -0.1) is 0 Å². The highest BCUT2D eigenvalue weighted by Crippen LogP contribution is 2.05. The van der Waals surface area contributed by atoms with Gasteiger partial charge < -0.3 is 15.3 Å². The first-order valence-corrected chi connectivity index (χ1v) is 4.10. The van der Waals surface area contributed by atoms with Crippen LogP contribution in [0.3, 0.4) is 0 Å². The number of carboxylic acid groups (broad SMARTS) is 3. The van der Waals surface area contributed by atoms with Gasteiger partial charge in [0.2, 0.25) is 0 Å². The molecule has 0 aromatic rings. The van der Waals surface area contributed by atoms with Crippen molar-refractivity contribution in [1.82, 2.24) is 0 Å². The van der Waals surface area contributed by atoms with E-state index in [1.165, 1.54) is 6.92 Å². The fourth-order valence-electron chi connectivity index (χ4n) is 0.760. The van der Waals surface area contributed by atoms with E-state index in [-0.39, 0.29) is 11.1 Å². The van der Waals surface area contributed by atoms with Crippen molar-refractivity contribution < 1.29 is 29.7 Å². The Morgan fingerprint density at radius 3 is 1.81 bits per heavy atom. The summed E-state index contributed by atoms with van der Waals surface area (Å²) in [6.45, 7) is 1.27. The Hall–Kier alpha value is -2.37. The molecule has 0 aliphatic rings. The van der Waals surface area contributed by atoms with Gasteiger partial charge in [0.05, 0.1) is 0 Å². The molecule has 0 saturated heterocycles. The molecule has 0 radical (unpaired) electrons. The van der Waals surface area contributed by atoms with Crippen molar-refractivity contribution in [3.05, 3.63) is 35.5 Å². The summed E-state index contributed by atoms with van der Waals surface area (Å²) >= 11 is 0. The van der Waals surface area contributed by atoms with Crippen molar-refractivity contribution in [3.8, 4) is 0 Å². The summed E-state index contributed by atoms with van der Waals surface area (Å²) in [7, 11) is 0. The van der Waals surface area contributed by atoms with Crippen LogP contribution in [-0.2, 0) is 14.4 Å². The number of carboxylic acids is 3. The summed E-state index contributed by atoms with van der Waals surface area (Å²) < 4.78 is 0. The Kier molecular flexibility index (Phi) is 5.26. The van der Waals surface area contributed by atoms with Gasteiger partial charge in [0, 0.05) is 17.7 Å². The van der Waals surface area contributed by atoms with Gasteiger partial charge in [0.25, 0.3) is 0 Å². The summed E-state index contributed by atoms with van der Waals surface area (Å²) in [5.74, 6) is -3.75. The average molecular weight is 226 g/mol. The second-order valence-electron chi connectivity index (χ2n) is 2.79. The number of rotatable bonds is 5. The van der Waals surface area contributed by atoms with E-state index >= 15 is 0 Å². The number of carbonyl (C=O) groups is 3. The largest absolute Gasteiger partial charge is 0.478 e. The molecular formula is C10H10O6. The standard InChI is InChI=1S/C10H10O6/c1-6(10(15)16)4-7(5-9(13)14)2-3-8(11)12/h2-5H,1H3,(H,11,12)(H,13,14)(H,15,16). The maximum absolute atomic E-state index is 10.5. The first kappa shape index (κ1) is 13.6. The molecule has 0 aliphatic carbocycles. The smallest absolute Gasteiger partial charge is 0.331 e. The van der Waals surface area contributed by atoms with Crippen molar-refractivity contribution in [2.45, 2.75) is 6.92 Å². The average Bonchev–Trinajstić information content (AvgIpc) is 2.12. The molecule has 0 aliphatic heterocycles. The van der Waals surface area contributed by atoms with Crippen LogP contribution in [0.15, 0.2) is 35.5 Å². The maximum atomic E-state index is 10.5. The normalized spacial score (nSPS) is 12.8. The van der Waals surface area contributed by atoms with E-state index in [0.29, 0.717) is 6.08 Å². The van der Waals surface area contributed by atoms with Crippen molar-refractivity contribution in [1.29, 1.82) is 0 Å². The first-order valence-electron chi connectivity index (χ1n) is 4.10. The molecule has 0 atom stereocenters. The zero-order chi connectivity index (χ0) is 12.7.